The zero-order chi connectivity index (χ0) is 21.9. The molecule has 2 aromatic carbocycles. The second kappa shape index (κ2) is 8.99. The van der Waals surface area contributed by atoms with E-state index in [0.717, 1.165) is 28.6 Å². The van der Waals surface area contributed by atoms with Gasteiger partial charge in [-0.15, -0.1) is 0 Å². The first-order valence-electron chi connectivity index (χ1n) is 11.3. The Bertz CT molecular complexity index is 1190. The van der Waals surface area contributed by atoms with Crippen LogP contribution in [0.25, 0.3) is 10.9 Å². The quantitative estimate of drug-likeness (QED) is 0.372. The molecule has 0 bridgehead atoms. The van der Waals surface area contributed by atoms with Crippen LogP contribution in [0.2, 0.25) is 0 Å². The molecule has 1 N–H and O–H groups in total. The van der Waals surface area contributed by atoms with E-state index in [2.05, 4.69) is 21.9 Å². The normalized spacial score (nSPS) is 18.6. The number of nitrogens with one attached hydrogen (secondary N) is 1. The van der Waals surface area contributed by atoms with Gasteiger partial charge in [0.05, 0.1) is 11.6 Å². The highest BCUT2D eigenvalue weighted by atomic mass is 19.1. The third-order valence-electron chi connectivity index (χ3n) is 6.29. The van der Waals surface area contributed by atoms with E-state index in [-0.39, 0.29) is 5.82 Å². The van der Waals surface area contributed by atoms with Gasteiger partial charge in [0, 0.05) is 11.9 Å². The molecule has 0 radical (unpaired) electrons. The van der Waals surface area contributed by atoms with E-state index in [9.17, 15) is 4.39 Å². The zero-order valence-electron chi connectivity index (χ0n) is 18.2. The van der Waals surface area contributed by atoms with Crippen molar-refractivity contribution in [3.8, 4) is 5.88 Å². The first-order chi connectivity index (χ1) is 15.7. The van der Waals surface area contributed by atoms with Crippen molar-refractivity contribution in [3.05, 3.63) is 78.2 Å². The molecule has 2 atom stereocenters. The third kappa shape index (κ3) is 4.17. The first-order valence-corrected chi connectivity index (χ1v) is 11.3. The minimum atomic E-state index is -0.268. The summed E-state index contributed by atoms with van der Waals surface area (Å²) in [6.45, 7) is 2.73. The molecule has 4 aromatic rings. The summed E-state index contributed by atoms with van der Waals surface area (Å²) in [5.74, 6) is 1.51. The van der Waals surface area contributed by atoms with Gasteiger partial charge >= 0.3 is 0 Å². The van der Waals surface area contributed by atoms with E-state index in [0.29, 0.717) is 30.3 Å². The predicted octanol–water partition coefficient (Wildman–Crippen LogP) is 6.64. The molecular weight excluding hydrogens is 403 g/mol. The first kappa shape index (κ1) is 20.5. The Balaban J connectivity index is 1.56. The second-order valence-corrected chi connectivity index (χ2v) is 8.54. The molecule has 1 aliphatic carbocycles. The SMILES string of the molecule is CC1CCCCC1n1nc(Nc2ccc(F)cc2)c2c(OCc3ccccc3)nccc21. The van der Waals surface area contributed by atoms with Crippen molar-refractivity contribution < 1.29 is 9.13 Å². The van der Waals surface area contributed by atoms with Gasteiger partial charge in [0.2, 0.25) is 5.88 Å². The Labute approximate surface area is 187 Å². The van der Waals surface area contributed by atoms with Crippen LogP contribution in [0.4, 0.5) is 15.9 Å². The molecule has 2 aromatic heterocycles. The molecule has 1 aliphatic rings. The van der Waals surface area contributed by atoms with Crippen LogP contribution in [-0.4, -0.2) is 14.8 Å². The minimum Gasteiger partial charge on any atom is -0.472 e. The number of rotatable bonds is 6. The van der Waals surface area contributed by atoms with Crippen molar-refractivity contribution >= 4 is 22.4 Å². The number of ether oxygens (including phenoxy) is 1. The number of hydrogen-bond acceptors (Lipinski definition) is 4. The van der Waals surface area contributed by atoms with Crippen LogP contribution < -0.4 is 10.1 Å². The number of nitrogens with zero attached hydrogens (tertiary/aromatic N) is 3. The molecule has 5 rings (SSSR count). The van der Waals surface area contributed by atoms with Crippen molar-refractivity contribution in [2.45, 2.75) is 45.3 Å². The van der Waals surface area contributed by atoms with E-state index in [1.165, 1.54) is 31.4 Å². The maximum Gasteiger partial charge on any atom is 0.227 e. The van der Waals surface area contributed by atoms with Gasteiger partial charge in [-0.1, -0.05) is 50.1 Å². The Morgan fingerprint density at radius 1 is 1.03 bits per heavy atom. The fourth-order valence-electron chi connectivity index (χ4n) is 4.56. The van der Waals surface area contributed by atoms with Gasteiger partial charge in [0.15, 0.2) is 5.82 Å². The summed E-state index contributed by atoms with van der Waals surface area (Å²) >= 11 is 0. The summed E-state index contributed by atoms with van der Waals surface area (Å²) in [6, 6.07) is 18.7. The summed E-state index contributed by atoms with van der Waals surface area (Å²) in [5.41, 5.74) is 2.85. The average Bonchev–Trinajstić information content (AvgIpc) is 3.19. The van der Waals surface area contributed by atoms with Gasteiger partial charge in [-0.25, -0.2) is 9.37 Å². The highest BCUT2D eigenvalue weighted by Gasteiger charge is 2.27. The van der Waals surface area contributed by atoms with Crippen LogP contribution in [0.15, 0.2) is 66.9 Å². The van der Waals surface area contributed by atoms with Crippen LogP contribution in [0.5, 0.6) is 5.88 Å². The lowest BCUT2D eigenvalue weighted by Gasteiger charge is -2.29. The maximum absolute atomic E-state index is 13.4. The maximum atomic E-state index is 13.4. The largest absolute Gasteiger partial charge is 0.472 e. The number of anilines is 2. The van der Waals surface area contributed by atoms with Crippen LogP contribution >= 0.6 is 0 Å². The summed E-state index contributed by atoms with van der Waals surface area (Å²) in [5, 5.41) is 9.21. The Morgan fingerprint density at radius 2 is 1.81 bits per heavy atom. The second-order valence-electron chi connectivity index (χ2n) is 8.54. The zero-order valence-corrected chi connectivity index (χ0v) is 18.2. The topological polar surface area (TPSA) is 52.0 Å². The van der Waals surface area contributed by atoms with Gasteiger partial charge in [0.1, 0.15) is 17.8 Å². The summed E-state index contributed by atoms with van der Waals surface area (Å²) in [6.07, 6.45) is 6.58. The van der Waals surface area contributed by atoms with Gasteiger partial charge in [-0.05, 0) is 54.7 Å². The van der Waals surface area contributed by atoms with Crippen molar-refractivity contribution in [1.29, 1.82) is 0 Å². The van der Waals surface area contributed by atoms with E-state index in [4.69, 9.17) is 9.84 Å². The molecule has 0 saturated heterocycles. The lowest BCUT2D eigenvalue weighted by Crippen LogP contribution is -2.22. The van der Waals surface area contributed by atoms with Crippen LogP contribution in [0, 0.1) is 11.7 Å². The third-order valence-corrected chi connectivity index (χ3v) is 6.29. The number of aromatic nitrogens is 3. The molecular formula is C26H27FN4O. The molecule has 164 valence electrons. The van der Waals surface area contributed by atoms with E-state index >= 15 is 0 Å². The Morgan fingerprint density at radius 3 is 2.59 bits per heavy atom. The van der Waals surface area contributed by atoms with Gasteiger partial charge in [-0.3, -0.25) is 4.68 Å². The monoisotopic (exact) mass is 430 g/mol. The fourth-order valence-corrected chi connectivity index (χ4v) is 4.56. The van der Waals surface area contributed by atoms with Crippen molar-refractivity contribution in [2.24, 2.45) is 5.92 Å². The fraction of sp³-hybridized carbons (Fsp3) is 0.308. The molecule has 0 aliphatic heterocycles. The van der Waals surface area contributed by atoms with Crippen molar-refractivity contribution in [1.82, 2.24) is 14.8 Å². The number of benzene rings is 2. The lowest BCUT2D eigenvalue weighted by atomic mass is 9.86. The van der Waals surface area contributed by atoms with E-state index < -0.39 is 0 Å². The molecule has 1 fully saturated rings. The Hall–Kier alpha value is -3.41. The van der Waals surface area contributed by atoms with E-state index in [1.807, 2.05) is 36.4 Å². The number of pyridine rings is 1. The standard InChI is InChI=1S/C26H27FN4O/c1-18-7-5-6-10-22(18)31-23-15-16-28-26(32-17-19-8-3-2-4-9-19)24(23)25(30-31)29-21-13-11-20(27)12-14-21/h2-4,8-9,11-16,18,22H,5-7,10,17H2,1H3,(H,29,30). The predicted molar refractivity (Wildman–Crippen MR) is 125 cm³/mol. The highest BCUT2D eigenvalue weighted by Crippen LogP contribution is 2.39. The van der Waals surface area contributed by atoms with Gasteiger partial charge in [-0.2, -0.15) is 5.10 Å². The smallest absolute Gasteiger partial charge is 0.227 e. The molecule has 0 spiro atoms. The number of halogens is 1. The lowest BCUT2D eigenvalue weighted by molar-refractivity contribution is 0.246. The van der Waals surface area contributed by atoms with E-state index in [1.54, 1.807) is 18.3 Å². The molecule has 32 heavy (non-hydrogen) atoms. The number of hydrogen-bond donors (Lipinski definition) is 1. The van der Waals surface area contributed by atoms with Crippen LogP contribution in [0.3, 0.4) is 0 Å². The van der Waals surface area contributed by atoms with Gasteiger partial charge in [0.25, 0.3) is 0 Å². The van der Waals surface area contributed by atoms with Crippen LogP contribution in [-0.2, 0) is 6.61 Å². The summed E-state index contributed by atoms with van der Waals surface area (Å²) < 4.78 is 21.7. The summed E-state index contributed by atoms with van der Waals surface area (Å²) in [7, 11) is 0. The molecule has 0 amide bonds. The number of fused-ring (bicyclic) bond motifs is 1. The van der Waals surface area contributed by atoms with Crippen molar-refractivity contribution in [3.63, 3.8) is 0 Å². The Kier molecular flexibility index (Phi) is 5.75. The molecule has 6 heteroatoms. The highest BCUT2D eigenvalue weighted by molar-refractivity contribution is 5.96. The van der Waals surface area contributed by atoms with Crippen LogP contribution in [0.1, 0.15) is 44.2 Å². The molecule has 5 nitrogen and oxygen atoms in total. The molecule has 2 heterocycles. The molecule has 1 saturated carbocycles. The van der Waals surface area contributed by atoms with Gasteiger partial charge < -0.3 is 10.1 Å². The summed E-state index contributed by atoms with van der Waals surface area (Å²) in [4.78, 5) is 4.54. The molecule has 2 unspecified atom stereocenters. The van der Waals surface area contributed by atoms with Crippen molar-refractivity contribution in [2.75, 3.05) is 5.32 Å². The minimum absolute atomic E-state index is 0.268. The average molecular weight is 431 g/mol.